The average molecular weight is 277 g/mol. The van der Waals surface area contributed by atoms with E-state index >= 15 is 0 Å². The van der Waals surface area contributed by atoms with Gasteiger partial charge in [-0.05, 0) is 25.8 Å². The molecule has 1 aliphatic heterocycles. The molecular weight excluding hydrogens is 263 g/mol. The molecule has 7 heteroatoms. The van der Waals surface area contributed by atoms with Gasteiger partial charge in [-0.1, -0.05) is 0 Å². The van der Waals surface area contributed by atoms with E-state index in [0.717, 1.165) is 18.9 Å². The molecule has 0 aromatic carbocycles. The van der Waals surface area contributed by atoms with Crippen LogP contribution in [0.3, 0.4) is 0 Å². The molecular formula is C12H14F3NO3. The molecule has 0 bridgehead atoms. The molecule has 0 unspecified atom stereocenters. The maximum atomic E-state index is 12.7. The first-order chi connectivity index (χ1) is 8.88. The minimum atomic E-state index is -4.68. The van der Waals surface area contributed by atoms with Crippen LogP contribution in [0.5, 0.6) is 0 Å². The molecule has 1 N–H and O–H groups in total. The Bertz CT molecular complexity index is 461. The van der Waals surface area contributed by atoms with Crippen molar-refractivity contribution in [1.82, 2.24) is 5.32 Å². The van der Waals surface area contributed by atoms with Gasteiger partial charge >= 0.3 is 6.18 Å². The van der Waals surface area contributed by atoms with Crippen molar-refractivity contribution >= 4 is 5.91 Å². The standard InChI is InChI=1S/C12H14F3NO3/c1-7-5-9(10(19-7)12(13,14)15)11(17)16-6-8-3-2-4-18-8/h5,8H,2-4,6H2,1H3,(H,16,17)/t8-/m1/s1. The summed E-state index contributed by atoms with van der Waals surface area (Å²) < 4.78 is 47.8. The number of ether oxygens (including phenoxy) is 1. The maximum Gasteiger partial charge on any atom is 0.450 e. The molecule has 1 fully saturated rings. The number of carbonyl (C=O) groups excluding carboxylic acids is 1. The minimum Gasteiger partial charge on any atom is -0.456 e. The number of aryl methyl sites for hydroxylation is 1. The van der Waals surface area contributed by atoms with Crippen LogP contribution in [0.1, 0.15) is 34.7 Å². The maximum absolute atomic E-state index is 12.7. The molecule has 2 heterocycles. The van der Waals surface area contributed by atoms with E-state index in [9.17, 15) is 18.0 Å². The van der Waals surface area contributed by atoms with Gasteiger partial charge in [0, 0.05) is 13.2 Å². The molecule has 0 spiro atoms. The summed E-state index contributed by atoms with van der Waals surface area (Å²) in [6.45, 7) is 2.20. The van der Waals surface area contributed by atoms with Gasteiger partial charge in [-0.2, -0.15) is 13.2 Å². The van der Waals surface area contributed by atoms with Crippen molar-refractivity contribution in [1.29, 1.82) is 0 Å². The quantitative estimate of drug-likeness (QED) is 0.923. The summed E-state index contributed by atoms with van der Waals surface area (Å²) in [5.41, 5.74) is -0.483. The van der Waals surface area contributed by atoms with E-state index < -0.39 is 23.4 Å². The molecule has 1 aromatic heterocycles. The number of hydrogen-bond donors (Lipinski definition) is 1. The number of amides is 1. The Morgan fingerprint density at radius 3 is 2.84 bits per heavy atom. The topological polar surface area (TPSA) is 51.5 Å². The number of carbonyl (C=O) groups is 1. The van der Waals surface area contributed by atoms with Gasteiger partial charge in [0.1, 0.15) is 5.76 Å². The zero-order chi connectivity index (χ0) is 14.0. The van der Waals surface area contributed by atoms with Crippen molar-refractivity contribution in [2.45, 2.75) is 32.0 Å². The Hall–Kier alpha value is -1.50. The van der Waals surface area contributed by atoms with E-state index in [4.69, 9.17) is 4.74 Å². The Labute approximate surface area is 107 Å². The molecule has 1 aliphatic rings. The molecule has 1 saturated heterocycles. The van der Waals surface area contributed by atoms with Gasteiger partial charge in [0.25, 0.3) is 5.91 Å². The number of rotatable bonds is 3. The molecule has 4 nitrogen and oxygen atoms in total. The first-order valence-corrected chi connectivity index (χ1v) is 5.95. The number of nitrogens with one attached hydrogen (secondary N) is 1. The lowest BCUT2D eigenvalue weighted by molar-refractivity contribution is -0.153. The molecule has 1 amide bonds. The van der Waals surface area contributed by atoms with Crippen molar-refractivity contribution in [3.63, 3.8) is 0 Å². The summed E-state index contributed by atoms with van der Waals surface area (Å²) in [6, 6.07) is 1.09. The molecule has 1 atom stereocenters. The van der Waals surface area contributed by atoms with E-state index in [-0.39, 0.29) is 18.4 Å². The van der Waals surface area contributed by atoms with E-state index in [1.165, 1.54) is 6.92 Å². The fourth-order valence-corrected chi connectivity index (χ4v) is 2.00. The van der Waals surface area contributed by atoms with Crippen LogP contribution >= 0.6 is 0 Å². The third kappa shape index (κ3) is 3.28. The summed E-state index contributed by atoms with van der Waals surface area (Å²) >= 11 is 0. The van der Waals surface area contributed by atoms with E-state index in [1.54, 1.807) is 0 Å². The van der Waals surface area contributed by atoms with Crippen molar-refractivity contribution in [3.8, 4) is 0 Å². The predicted molar refractivity (Wildman–Crippen MR) is 59.8 cm³/mol. The van der Waals surface area contributed by atoms with Crippen LogP contribution in [0.4, 0.5) is 13.2 Å². The van der Waals surface area contributed by atoms with Gasteiger partial charge in [0.2, 0.25) is 5.76 Å². The fourth-order valence-electron chi connectivity index (χ4n) is 2.00. The second-order valence-electron chi connectivity index (χ2n) is 4.44. The van der Waals surface area contributed by atoms with Crippen molar-refractivity contribution in [2.24, 2.45) is 0 Å². The zero-order valence-corrected chi connectivity index (χ0v) is 10.3. The second-order valence-corrected chi connectivity index (χ2v) is 4.44. The zero-order valence-electron chi connectivity index (χ0n) is 10.3. The number of furan rings is 1. The van der Waals surface area contributed by atoms with Gasteiger partial charge in [-0.25, -0.2) is 0 Å². The highest BCUT2D eigenvalue weighted by Crippen LogP contribution is 2.34. The molecule has 2 rings (SSSR count). The van der Waals surface area contributed by atoms with Crippen LogP contribution < -0.4 is 5.32 Å². The number of hydrogen-bond acceptors (Lipinski definition) is 3. The van der Waals surface area contributed by atoms with Crippen molar-refractivity contribution < 1.29 is 27.1 Å². The first kappa shape index (κ1) is 13.9. The largest absolute Gasteiger partial charge is 0.456 e. The first-order valence-electron chi connectivity index (χ1n) is 5.95. The smallest absolute Gasteiger partial charge is 0.450 e. The molecule has 106 valence electrons. The highest BCUT2D eigenvalue weighted by Gasteiger charge is 2.40. The summed E-state index contributed by atoms with van der Waals surface area (Å²) in [7, 11) is 0. The van der Waals surface area contributed by atoms with Crippen LogP contribution in [0.15, 0.2) is 10.5 Å². The lowest BCUT2D eigenvalue weighted by atomic mass is 10.2. The Balaban J connectivity index is 2.06. The third-order valence-corrected chi connectivity index (χ3v) is 2.87. The summed E-state index contributed by atoms with van der Waals surface area (Å²) in [5, 5.41) is 2.44. The summed E-state index contributed by atoms with van der Waals surface area (Å²) in [4.78, 5) is 11.8. The van der Waals surface area contributed by atoms with Crippen molar-refractivity contribution in [3.05, 3.63) is 23.2 Å². The SMILES string of the molecule is Cc1cc(C(=O)NC[C@H]2CCCO2)c(C(F)(F)F)o1. The third-order valence-electron chi connectivity index (χ3n) is 2.87. The lowest BCUT2D eigenvalue weighted by Crippen LogP contribution is -2.32. The predicted octanol–water partition coefficient (Wildman–Crippen LogP) is 2.52. The van der Waals surface area contributed by atoms with Gasteiger partial charge in [0.05, 0.1) is 11.7 Å². The van der Waals surface area contributed by atoms with Gasteiger partial charge in [-0.15, -0.1) is 0 Å². The molecule has 0 radical (unpaired) electrons. The second kappa shape index (κ2) is 5.24. The normalized spacial score (nSPS) is 19.7. The number of alkyl halides is 3. The lowest BCUT2D eigenvalue weighted by Gasteiger charge is -2.11. The number of halogens is 3. The van der Waals surface area contributed by atoms with Crippen LogP contribution in [-0.2, 0) is 10.9 Å². The van der Waals surface area contributed by atoms with Crippen LogP contribution in [-0.4, -0.2) is 25.2 Å². The van der Waals surface area contributed by atoms with E-state index in [2.05, 4.69) is 9.73 Å². The van der Waals surface area contributed by atoms with Gasteiger partial charge in [-0.3, -0.25) is 4.79 Å². The van der Waals surface area contributed by atoms with E-state index in [1.807, 2.05) is 0 Å². The molecule has 0 aliphatic carbocycles. The Morgan fingerprint density at radius 1 is 1.53 bits per heavy atom. The Morgan fingerprint density at radius 2 is 2.26 bits per heavy atom. The molecule has 19 heavy (non-hydrogen) atoms. The van der Waals surface area contributed by atoms with Gasteiger partial charge < -0.3 is 14.5 Å². The highest BCUT2D eigenvalue weighted by atomic mass is 19.4. The average Bonchev–Trinajstić information content (AvgIpc) is 2.93. The van der Waals surface area contributed by atoms with Crippen LogP contribution in [0.2, 0.25) is 0 Å². The Kier molecular flexibility index (Phi) is 3.84. The van der Waals surface area contributed by atoms with Crippen LogP contribution in [0.25, 0.3) is 0 Å². The van der Waals surface area contributed by atoms with E-state index in [0.29, 0.717) is 6.61 Å². The summed E-state index contributed by atoms with van der Waals surface area (Å²) in [6.07, 6.45) is -3.09. The fraction of sp³-hybridized carbons (Fsp3) is 0.583. The monoisotopic (exact) mass is 277 g/mol. The highest BCUT2D eigenvalue weighted by molar-refractivity contribution is 5.95. The molecule has 1 aromatic rings. The van der Waals surface area contributed by atoms with Gasteiger partial charge in [0.15, 0.2) is 0 Å². The summed E-state index contributed by atoms with van der Waals surface area (Å²) in [5.74, 6) is -2.00. The molecule has 0 saturated carbocycles. The van der Waals surface area contributed by atoms with Crippen LogP contribution in [0, 0.1) is 6.92 Å². The minimum absolute atomic E-state index is 0.0505. The van der Waals surface area contributed by atoms with Crippen molar-refractivity contribution in [2.75, 3.05) is 13.2 Å².